The molecule has 29 heavy (non-hydrogen) atoms. The fourth-order valence-corrected chi connectivity index (χ4v) is 3.78. The zero-order valence-corrected chi connectivity index (χ0v) is 17.6. The number of hydrogen-bond donors (Lipinski definition) is 1. The van der Waals surface area contributed by atoms with Gasteiger partial charge in [0.25, 0.3) is 5.56 Å². The van der Waals surface area contributed by atoms with Gasteiger partial charge in [0.1, 0.15) is 0 Å². The number of benzene rings is 1. The van der Waals surface area contributed by atoms with Crippen LogP contribution in [0.3, 0.4) is 0 Å². The minimum absolute atomic E-state index is 0.0253. The summed E-state index contributed by atoms with van der Waals surface area (Å²) in [7, 11) is -3.46. The molecule has 0 amide bonds. The molecular formula is C22H25N3O3S. The number of nitrogens with zero attached hydrogens (tertiary/aromatic N) is 2. The number of aromatic nitrogens is 2. The van der Waals surface area contributed by atoms with Gasteiger partial charge in [-0.05, 0) is 50.1 Å². The lowest BCUT2D eigenvalue weighted by Gasteiger charge is -2.18. The van der Waals surface area contributed by atoms with E-state index in [4.69, 9.17) is 0 Å². The van der Waals surface area contributed by atoms with Gasteiger partial charge in [0.05, 0.1) is 23.2 Å². The Balaban J connectivity index is 1.62. The van der Waals surface area contributed by atoms with Crippen LogP contribution in [0, 0.1) is 0 Å². The highest BCUT2D eigenvalue weighted by molar-refractivity contribution is 7.92. The third kappa shape index (κ3) is 4.92. The average Bonchev–Trinajstić information content (AvgIpc) is 2.69. The second kappa shape index (κ2) is 8.21. The first kappa shape index (κ1) is 20.8. The molecule has 2 aromatic heterocycles. The van der Waals surface area contributed by atoms with E-state index in [1.807, 2.05) is 30.3 Å². The lowest BCUT2D eigenvalue weighted by molar-refractivity contribution is 0.556. The highest BCUT2D eigenvalue weighted by Gasteiger charge is 2.31. The quantitative estimate of drug-likeness (QED) is 0.672. The molecule has 0 spiro atoms. The summed E-state index contributed by atoms with van der Waals surface area (Å²) in [6, 6.07) is 16.4. The number of pyridine rings is 2. The Morgan fingerprint density at radius 1 is 0.966 bits per heavy atom. The molecule has 0 fully saturated rings. The summed E-state index contributed by atoms with van der Waals surface area (Å²) in [5.74, 6) is 0. The van der Waals surface area contributed by atoms with Crippen molar-refractivity contribution in [3.05, 3.63) is 88.5 Å². The number of sulfone groups is 1. The summed E-state index contributed by atoms with van der Waals surface area (Å²) in [4.78, 5) is 15.9. The summed E-state index contributed by atoms with van der Waals surface area (Å²) in [6.07, 6.45) is 3.31. The summed E-state index contributed by atoms with van der Waals surface area (Å²) in [5.41, 5.74) is 2.83. The highest BCUT2D eigenvalue weighted by atomic mass is 32.2. The summed E-state index contributed by atoms with van der Waals surface area (Å²) in [6.45, 7) is 6.09. The minimum atomic E-state index is -3.46. The molecule has 0 unspecified atom stereocenters. The van der Waals surface area contributed by atoms with Gasteiger partial charge in [-0.1, -0.05) is 30.3 Å². The van der Waals surface area contributed by atoms with Crippen molar-refractivity contribution in [3.8, 4) is 0 Å². The van der Waals surface area contributed by atoms with Crippen LogP contribution in [0.4, 0.5) is 5.69 Å². The van der Waals surface area contributed by atoms with Crippen LogP contribution in [0.2, 0.25) is 0 Å². The Hall–Kier alpha value is -2.93. The van der Waals surface area contributed by atoms with Crippen LogP contribution >= 0.6 is 0 Å². The largest absolute Gasteiger partial charge is 0.380 e. The second-order valence-corrected chi connectivity index (χ2v) is 10.5. The van der Waals surface area contributed by atoms with Crippen molar-refractivity contribution in [1.82, 2.24) is 9.55 Å². The van der Waals surface area contributed by atoms with Crippen LogP contribution in [0.15, 0.2) is 76.8 Å². The van der Waals surface area contributed by atoms with Gasteiger partial charge in [-0.25, -0.2) is 13.4 Å². The van der Waals surface area contributed by atoms with Gasteiger partial charge < -0.3 is 9.88 Å². The molecule has 7 heteroatoms. The van der Waals surface area contributed by atoms with Crippen LogP contribution in [0.1, 0.15) is 31.9 Å². The number of anilines is 1. The van der Waals surface area contributed by atoms with Gasteiger partial charge in [0, 0.05) is 18.8 Å². The van der Waals surface area contributed by atoms with Crippen LogP contribution in [0.5, 0.6) is 0 Å². The Bertz CT molecular complexity index is 1130. The number of nitrogens with one attached hydrogen (secondary N) is 1. The zero-order chi connectivity index (χ0) is 21.1. The van der Waals surface area contributed by atoms with Gasteiger partial charge in [0.2, 0.25) is 0 Å². The van der Waals surface area contributed by atoms with Gasteiger partial charge >= 0.3 is 0 Å². The smallest absolute Gasteiger partial charge is 0.250 e. The maximum absolute atomic E-state index is 12.4. The van der Waals surface area contributed by atoms with Crippen molar-refractivity contribution in [2.45, 2.75) is 43.6 Å². The zero-order valence-electron chi connectivity index (χ0n) is 16.8. The maximum Gasteiger partial charge on any atom is 0.250 e. The van der Waals surface area contributed by atoms with E-state index in [9.17, 15) is 13.2 Å². The van der Waals surface area contributed by atoms with E-state index in [-0.39, 0.29) is 10.6 Å². The first-order valence-corrected chi connectivity index (χ1v) is 10.8. The molecule has 0 radical (unpaired) electrons. The molecule has 0 aliphatic rings. The van der Waals surface area contributed by atoms with E-state index in [0.717, 1.165) is 16.8 Å². The van der Waals surface area contributed by atoms with E-state index in [1.165, 1.54) is 12.3 Å². The van der Waals surface area contributed by atoms with Gasteiger partial charge in [-0.15, -0.1) is 0 Å². The highest BCUT2D eigenvalue weighted by Crippen LogP contribution is 2.23. The Morgan fingerprint density at radius 3 is 2.24 bits per heavy atom. The lowest BCUT2D eigenvalue weighted by atomic mass is 10.1. The molecule has 0 bridgehead atoms. The Labute approximate surface area is 171 Å². The molecule has 0 atom stereocenters. The van der Waals surface area contributed by atoms with Crippen molar-refractivity contribution in [3.63, 3.8) is 0 Å². The van der Waals surface area contributed by atoms with E-state index in [2.05, 4.69) is 10.3 Å². The lowest BCUT2D eigenvalue weighted by Crippen LogP contribution is -2.28. The monoisotopic (exact) mass is 411 g/mol. The van der Waals surface area contributed by atoms with Gasteiger partial charge in [0.15, 0.2) is 14.9 Å². The average molecular weight is 412 g/mol. The molecule has 1 N–H and O–H groups in total. The third-order valence-corrected chi connectivity index (χ3v) is 6.99. The standard InChI is InChI=1S/C22H25N3O3S/c1-22(2,3)29(27,28)20-12-11-19(15-24-20)23-14-17-7-9-18(10-8-17)16-25-13-5-4-6-21(25)26/h4-13,15,23H,14,16H2,1-3H3. The summed E-state index contributed by atoms with van der Waals surface area (Å²) < 4.78 is 25.6. The van der Waals surface area contributed by atoms with Gasteiger partial charge in [-0.3, -0.25) is 4.79 Å². The van der Waals surface area contributed by atoms with Crippen molar-refractivity contribution in [1.29, 1.82) is 0 Å². The number of rotatable bonds is 6. The molecule has 2 heterocycles. The fraction of sp³-hybridized carbons (Fsp3) is 0.273. The first-order chi connectivity index (χ1) is 13.7. The van der Waals surface area contributed by atoms with Gasteiger partial charge in [-0.2, -0.15) is 0 Å². The Kier molecular flexibility index (Phi) is 5.88. The molecule has 0 saturated heterocycles. The molecule has 6 nitrogen and oxygen atoms in total. The maximum atomic E-state index is 12.4. The predicted octanol–water partition coefficient (Wildman–Crippen LogP) is 3.48. The summed E-state index contributed by atoms with van der Waals surface area (Å²) in [5, 5.41) is 3.32. The van der Waals surface area contributed by atoms with Crippen molar-refractivity contribution >= 4 is 15.5 Å². The second-order valence-electron chi connectivity index (χ2n) is 7.84. The van der Waals surface area contributed by atoms with E-state index in [1.54, 1.807) is 49.7 Å². The molecule has 0 aliphatic carbocycles. The van der Waals surface area contributed by atoms with Crippen LogP contribution < -0.4 is 10.9 Å². The van der Waals surface area contributed by atoms with Crippen LogP contribution in [0.25, 0.3) is 0 Å². The van der Waals surface area contributed by atoms with E-state index in [0.29, 0.717) is 13.1 Å². The Morgan fingerprint density at radius 2 is 1.66 bits per heavy atom. The van der Waals surface area contributed by atoms with Crippen molar-refractivity contribution in [2.75, 3.05) is 5.32 Å². The summed E-state index contributed by atoms with van der Waals surface area (Å²) >= 11 is 0. The third-order valence-electron chi connectivity index (χ3n) is 4.59. The minimum Gasteiger partial charge on any atom is -0.380 e. The molecule has 152 valence electrons. The van der Waals surface area contributed by atoms with Crippen molar-refractivity contribution < 1.29 is 8.42 Å². The molecule has 3 aromatic rings. The molecule has 1 aromatic carbocycles. The van der Waals surface area contributed by atoms with Crippen molar-refractivity contribution in [2.24, 2.45) is 0 Å². The molecule has 3 rings (SSSR count). The molecular weight excluding hydrogens is 386 g/mol. The van der Waals surface area contributed by atoms with Crippen LogP contribution in [-0.2, 0) is 22.9 Å². The van der Waals surface area contributed by atoms with E-state index >= 15 is 0 Å². The normalized spacial score (nSPS) is 12.0. The molecule has 0 saturated carbocycles. The van der Waals surface area contributed by atoms with E-state index < -0.39 is 14.6 Å². The SMILES string of the molecule is CC(C)(C)S(=O)(=O)c1ccc(NCc2ccc(Cn3ccccc3=O)cc2)cn1. The topological polar surface area (TPSA) is 81.1 Å². The number of hydrogen-bond acceptors (Lipinski definition) is 5. The fourth-order valence-electron chi connectivity index (χ4n) is 2.71. The van der Waals surface area contributed by atoms with Crippen LogP contribution in [-0.4, -0.2) is 22.7 Å². The molecule has 0 aliphatic heterocycles. The first-order valence-electron chi connectivity index (χ1n) is 9.35. The predicted molar refractivity (Wildman–Crippen MR) is 115 cm³/mol.